The van der Waals surface area contributed by atoms with Crippen LogP contribution in [0.15, 0.2) is 0 Å². The van der Waals surface area contributed by atoms with E-state index in [0.29, 0.717) is 83.7 Å². The number of carbonyl (C=O) groups excluding carboxylic acids is 14. The van der Waals surface area contributed by atoms with Gasteiger partial charge < -0.3 is 90.8 Å². The van der Waals surface area contributed by atoms with Crippen molar-refractivity contribution >= 4 is 166 Å². The van der Waals surface area contributed by atoms with Crippen LogP contribution in [0.2, 0.25) is 0 Å². The Kier molecular flexibility index (Phi) is 93.7. The highest BCUT2D eigenvalue weighted by atomic mass is 32.2. The fourth-order valence-corrected chi connectivity index (χ4v) is 21.9. The van der Waals surface area contributed by atoms with Crippen molar-refractivity contribution in [3.8, 4) is 0 Å². The van der Waals surface area contributed by atoms with Crippen LogP contribution >= 0.6 is 82.3 Å². The zero-order valence-electron chi connectivity index (χ0n) is 93.3. The zero-order valence-corrected chi connectivity index (χ0v) is 99.1. The summed E-state index contributed by atoms with van der Waals surface area (Å²) in [4.78, 5) is 194. The molecule has 0 radical (unpaired) electrons. The van der Waals surface area contributed by atoms with Gasteiger partial charge in [-0.3, -0.25) is 72.0 Å². The van der Waals surface area contributed by atoms with Gasteiger partial charge in [-0.05, 0) is 62.8 Å². The van der Waals surface area contributed by atoms with Gasteiger partial charge in [0.2, 0.25) is 0 Å². The summed E-state index contributed by atoms with van der Waals surface area (Å²) < 4.78 is 76.3. The summed E-state index contributed by atoms with van der Waals surface area (Å²) in [6, 6.07) is 0. The molecular formula is C108H194N6O28S7. The fraction of sp³-hybridized carbons (Fsp3) is 0.870. The number of esters is 14. The molecule has 0 aromatic carbocycles. The predicted octanol–water partition coefficient (Wildman–Crippen LogP) is 16.0. The quantitative estimate of drug-likeness (QED) is 0.0310. The molecule has 1 aliphatic rings. The molecule has 0 N–H and O–H groups in total. The maximum absolute atomic E-state index is 13.3. The molecule has 1 saturated heterocycles. The Labute approximate surface area is 924 Å². The minimum atomic E-state index is -0.582. The molecule has 866 valence electrons. The van der Waals surface area contributed by atoms with Gasteiger partial charge in [0.05, 0.1) is 86.4 Å². The molecule has 0 spiro atoms. The summed E-state index contributed by atoms with van der Waals surface area (Å²) in [6.07, 6.45) is 27.6. The molecule has 149 heavy (non-hydrogen) atoms. The molecule has 1 heterocycles. The highest BCUT2D eigenvalue weighted by Crippen LogP contribution is 2.23. The molecule has 0 aliphatic carbocycles. The van der Waals surface area contributed by atoms with Gasteiger partial charge in [-0.25, -0.2) is 0 Å². The van der Waals surface area contributed by atoms with Crippen LogP contribution in [0.4, 0.5) is 0 Å². The van der Waals surface area contributed by atoms with Gasteiger partial charge in [-0.15, -0.1) is 0 Å². The monoisotopic (exact) mass is 2250 g/mol. The Balaban J connectivity index is 2.99. The van der Waals surface area contributed by atoms with Gasteiger partial charge in [0.1, 0.15) is 92.5 Å². The van der Waals surface area contributed by atoms with Gasteiger partial charge in [0.25, 0.3) is 0 Å². The molecule has 1 fully saturated rings. The van der Waals surface area contributed by atoms with Crippen LogP contribution in [0, 0.1) is 41.4 Å². The second kappa shape index (κ2) is 98.4. The third-order valence-corrected chi connectivity index (χ3v) is 33.1. The van der Waals surface area contributed by atoms with Gasteiger partial charge >= 0.3 is 83.6 Å². The summed E-state index contributed by atoms with van der Waals surface area (Å²) in [7, 11) is 4.12. The average Bonchev–Trinajstić information content (AvgIpc) is 0.902. The molecule has 7 atom stereocenters. The van der Waals surface area contributed by atoms with E-state index in [4.69, 9.17) is 66.3 Å². The van der Waals surface area contributed by atoms with Crippen molar-refractivity contribution in [1.82, 2.24) is 29.4 Å². The first-order valence-electron chi connectivity index (χ1n) is 55.5. The largest absolute Gasteiger partial charge is 0.462 e. The van der Waals surface area contributed by atoms with Gasteiger partial charge in [0, 0.05) is 162 Å². The molecule has 7 unspecified atom stereocenters. The van der Waals surface area contributed by atoms with E-state index in [9.17, 15) is 67.1 Å². The number of nitrogens with zero attached hydrogens (tertiary/aromatic N) is 6. The first kappa shape index (κ1) is 142. The van der Waals surface area contributed by atoms with Crippen LogP contribution < -0.4 is 0 Å². The van der Waals surface area contributed by atoms with Crippen LogP contribution in [0.25, 0.3) is 0 Å². The number of rotatable bonds is 102. The third kappa shape index (κ3) is 85.6. The van der Waals surface area contributed by atoms with Crippen molar-refractivity contribution in [2.75, 3.05) is 292 Å². The molecule has 0 amide bonds. The van der Waals surface area contributed by atoms with Crippen LogP contribution in [-0.2, 0) is 133 Å². The Hall–Kier alpha value is -5.21. The minimum Gasteiger partial charge on any atom is -0.462 e. The van der Waals surface area contributed by atoms with E-state index in [-0.39, 0.29) is 230 Å². The smallest absolute Gasteiger partial charge is 0.309 e. The first-order chi connectivity index (χ1) is 71.9. The van der Waals surface area contributed by atoms with E-state index < -0.39 is 71.5 Å². The topological polar surface area (TPSA) is 388 Å². The number of hydrogen-bond acceptors (Lipinski definition) is 41. The van der Waals surface area contributed by atoms with Crippen molar-refractivity contribution < 1.29 is 133 Å². The molecular weight excluding hydrogens is 2050 g/mol. The van der Waals surface area contributed by atoms with Crippen LogP contribution in [0.5, 0.6) is 0 Å². The Bertz CT molecular complexity index is 3400. The van der Waals surface area contributed by atoms with Gasteiger partial charge in [-0.2, -0.15) is 82.3 Å². The van der Waals surface area contributed by atoms with Crippen LogP contribution in [0.1, 0.15) is 269 Å². The molecule has 0 aromatic heterocycles. The summed E-state index contributed by atoms with van der Waals surface area (Å²) in [5.41, 5.74) is 0. The number of carbonyl (C=O) groups is 14. The maximum atomic E-state index is 13.3. The lowest BCUT2D eigenvalue weighted by atomic mass is 10.1. The molecule has 34 nitrogen and oxygen atoms in total. The second-order valence-corrected chi connectivity index (χ2v) is 46.6. The summed E-state index contributed by atoms with van der Waals surface area (Å²) in [5, 5.41) is 0. The number of piperazine rings is 1. The number of likely N-dealkylation sites (N-methyl/N-ethyl adjacent to an activating group) is 1. The molecule has 0 saturated carbocycles. The highest BCUT2D eigenvalue weighted by molar-refractivity contribution is 8.00. The lowest BCUT2D eigenvalue weighted by molar-refractivity contribution is -0.154. The van der Waals surface area contributed by atoms with E-state index in [2.05, 4.69) is 56.5 Å². The molecule has 1 rings (SSSR count). The molecule has 0 bridgehead atoms. The van der Waals surface area contributed by atoms with Crippen molar-refractivity contribution in [2.24, 2.45) is 41.4 Å². The second-order valence-electron chi connectivity index (χ2n) is 38.5. The zero-order chi connectivity index (χ0) is 110. The summed E-state index contributed by atoms with van der Waals surface area (Å²) in [6.45, 7) is 28.2. The average molecular weight is 2250 g/mol. The number of hydrogen-bond donors (Lipinski definition) is 0. The third-order valence-electron chi connectivity index (χ3n) is 24.3. The standard InChI is InChI=1S/C108H194N6O28S7/c1-14-18-22-26-30-34-75-144-82-89(6)103(123)137-68-61-130-96(116)38-45-110(44-37-95(115)129-60-67-136-102(122)88(5)81-143-74-33-29-25-21-17-4)57-78-147-85-92(9)106(126)140-71-64-133-99(119)41-48-112(59-80-149-87-94(11)108(128)142-73-66-135-101(121)43-50-113-53-55-114(56-54-113)52-51-109(12)13)49-42-100(120)134-65-72-141-107(127)93(10)86-148-79-58-111(46-39-97(117)131-62-69-138-104(124)90(7)83-145-76-35-31-27-23-19-15-2)47-40-98(118)132-63-70-139-105(125)91(8)84-146-77-36-32-28-24-20-16-3/h88-94H,14-87H2,1-13H3. The highest BCUT2D eigenvalue weighted by Gasteiger charge is 2.27. The predicted molar refractivity (Wildman–Crippen MR) is 601 cm³/mol. The van der Waals surface area contributed by atoms with Crippen LogP contribution in [-0.4, -0.2) is 405 Å². The summed E-state index contributed by atoms with van der Waals surface area (Å²) in [5.74, 6) is -0.107. The van der Waals surface area contributed by atoms with E-state index in [1.165, 1.54) is 157 Å². The van der Waals surface area contributed by atoms with E-state index in [1.807, 2.05) is 42.4 Å². The SMILES string of the molecule is CCCCCCCCSCC(C)C(=O)OCCOC(=O)CCN(CCSCC(C)C(=O)OCCOC(=O)CCN(CCSCC(C)C(=O)OCCOC(=O)CCN1CCN(CCN(C)C)CC1)CCC(=O)OCCOC(=O)C(C)CSCCN(CCC(=O)OCCOC(=O)C(C)CSCCCCCCCC)CCC(=O)OCCOC(=O)C(C)CSCCCCCCCC)CCC(=O)OCCOC(=O)C(C)CSCCCCCCC. The van der Waals surface area contributed by atoms with Gasteiger partial charge in [-0.1, -0.05) is 198 Å². The Morgan fingerprint density at radius 1 is 0.208 bits per heavy atom. The van der Waals surface area contributed by atoms with Crippen molar-refractivity contribution in [1.29, 1.82) is 0 Å². The molecule has 41 heteroatoms. The minimum absolute atomic E-state index is 0.0150. The number of unbranched alkanes of at least 4 members (excludes halogenated alkanes) is 19. The van der Waals surface area contributed by atoms with Gasteiger partial charge in [0.15, 0.2) is 0 Å². The fourth-order valence-electron chi connectivity index (χ4n) is 14.6. The van der Waals surface area contributed by atoms with Crippen molar-refractivity contribution in [3.05, 3.63) is 0 Å². The van der Waals surface area contributed by atoms with E-state index in [1.54, 1.807) is 67.8 Å². The van der Waals surface area contributed by atoms with Crippen molar-refractivity contribution in [2.45, 2.75) is 269 Å². The molecule has 0 aromatic rings. The maximum Gasteiger partial charge on any atom is 0.309 e. The summed E-state index contributed by atoms with van der Waals surface area (Å²) >= 11 is 11.4. The lowest BCUT2D eigenvalue weighted by Gasteiger charge is -2.35. The van der Waals surface area contributed by atoms with Crippen LogP contribution in [0.3, 0.4) is 0 Å². The Morgan fingerprint density at radius 3 is 0.570 bits per heavy atom. The number of thioether (sulfide) groups is 7. The first-order valence-corrected chi connectivity index (χ1v) is 63.6. The van der Waals surface area contributed by atoms with E-state index >= 15 is 0 Å². The Morgan fingerprint density at radius 2 is 0.376 bits per heavy atom. The lowest BCUT2D eigenvalue weighted by Crippen LogP contribution is -2.48. The molecule has 1 aliphatic heterocycles. The normalized spacial score (nSPS) is 13.7. The van der Waals surface area contributed by atoms with Crippen molar-refractivity contribution in [3.63, 3.8) is 0 Å². The van der Waals surface area contributed by atoms with E-state index in [0.717, 1.165) is 88.0 Å². The number of ether oxygens (including phenoxy) is 14.